The molecule has 0 saturated carbocycles. The maximum atomic E-state index is 13.2. The van der Waals surface area contributed by atoms with Crippen molar-refractivity contribution in [3.8, 4) is 0 Å². The van der Waals surface area contributed by atoms with Crippen molar-refractivity contribution in [1.82, 2.24) is 5.48 Å². The van der Waals surface area contributed by atoms with Crippen LogP contribution in [0.2, 0.25) is 0 Å². The SMILES string of the molecule is CC(=O)NOCc1c(F)cccc1[N+](=O)[O-]. The van der Waals surface area contributed by atoms with E-state index in [0.29, 0.717) is 0 Å². The van der Waals surface area contributed by atoms with Crippen molar-refractivity contribution < 1.29 is 18.9 Å². The molecule has 1 amide bonds. The van der Waals surface area contributed by atoms with Gasteiger partial charge >= 0.3 is 0 Å². The number of nitro benzene ring substituents is 1. The van der Waals surface area contributed by atoms with Gasteiger partial charge in [0.15, 0.2) is 0 Å². The van der Waals surface area contributed by atoms with Gasteiger partial charge in [0.05, 0.1) is 10.5 Å². The molecule has 0 aromatic heterocycles. The zero-order valence-corrected chi connectivity index (χ0v) is 8.40. The molecule has 0 bridgehead atoms. The molecule has 6 nitrogen and oxygen atoms in total. The van der Waals surface area contributed by atoms with Gasteiger partial charge in [-0.1, -0.05) is 6.07 Å². The first-order valence-electron chi connectivity index (χ1n) is 4.32. The van der Waals surface area contributed by atoms with Crippen molar-refractivity contribution in [2.45, 2.75) is 13.5 Å². The van der Waals surface area contributed by atoms with E-state index in [2.05, 4.69) is 4.84 Å². The van der Waals surface area contributed by atoms with E-state index in [1.54, 1.807) is 0 Å². The molecule has 0 atom stereocenters. The Morgan fingerprint density at radius 1 is 1.62 bits per heavy atom. The quantitative estimate of drug-likeness (QED) is 0.622. The van der Waals surface area contributed by atoms with Crippen molar-refractivity contribution in [3.05, 3.63) is 39.7 Å². The average Bonchev–Trinajstić information content (AvgIpc) is 2.19. The summed E-state index contributed by atoms with van der Waals surface area (Å²) in [5, 5.41) is 10.6. The molecule has 0 radical (unpaired) electrons. The predicted molar refractivity (Wildman–Crippen MR) is 51.7 cm³/mol. The standard InChI is InChI=1S/C9H9FN2O4/c1-6(13)11-16-5-7-8(10)3-2-4-9(7)12(14)15/h2-4H,5H2,1H3,(H,11,13). The zero-order valence-electron chi connectivity index (χ0n) is 8.40. The molecule has 0 saturated heterocycles. The van der Waals surface area contributed by atoms with Gasteiger partial charge in [-0.15, -0.1) is 0 Å². The van der Waals surface area contributed by atoms with E-state index >= 15 is 0 Å². The number of halogens is 1. The summed E-state index contributed by atoms with van der Waals surface area (Å²) in [6, 6.07) is 3.48. The van der Waals surface area contributed by atoms with Gasteiger partial charge < -0.3 is 0 Å². The molecule has 86 valence electrons. The number of rotatable bonds is 4. The minimum absolute atomic E-state index is 0.207. The summed E-state index contributed by atoms with van der Waals surface area (Å²) >= 11 is 0. The summed E-state index contributed by atoms with van der Waals surface area (Å²) in [4.78, 5) is 24.9. The number of nitrogens with zero attached hydrogens (tertiary/aromatic N) is 1. The average molecular weight is 228 g/mol. The van der Waals surface area contributed by atoms with E-state index in [1.807, 2.05) is 5.48 Å². The molecule has 0 fully saturated rings. The zero-order chi connectivity index (χ0) is 12.1. The van der Waals surface area contributed by atoms with Crippen LogP contribution in [0.15, 0.2) is 18.2 Å². The molecular weight excluding hydrogens is 219 g/mol. The second-order valence-corrected chi connectivity index (χ2v) is 2.94. The third-order valence-corrected chi connectivity index (χ3v) is 1.72. The third-order valence-electron chi connectivity index (χ3n) is 1.72. The molecular formula is C9H9FN2O4. The van der Waals surface area contributed by atoms with Crippen molar-refractivity contribution in [1.29, 1.82) is 0 Å². The normalized spacial score (nSPS) is 9.88. The van der Waals surface area contributed by atoms with Crippen molar-refractivity contribution in [3.63, 3.8) is 0 Å². The van der Waals surface area contributed by atoms with E-state index in [9.17, 15) is 19.3 Å². The molecule has 0 aliphatic rings. The molecule has 0 aliphatic carbocycles. The van der Waals surface area contributed by atoms with E-state index in [-0.39, 0.29) is 11.3 Å². The Morgan fingerprint density at radius 2 is 2.31 bits per heavy atom. The smallest absolute Gasteiger partial charge is 0.273 e. The van der Waals surface area contributed by atoms with Gasteiger partial charge in [0.2, 0.25) is 5.91 Å². The lowest BCUT2D eigenvalue weighted by molar-refractivity contribution is -0.386. The molecule has 1 aromatic carbocycles. The fourth-order valence-electron chi connectivity index (χ4n) is 1.07. The Kier molecular flexibility index (Phi) is 3.90. The fourth-order valence-corrected chi connectivity index (χ4v) is 1.07. The Bertz CT molecular complexity index is 422. The number of nitrogens with one attached hydrogen (secondary N) is 1. The minimum atomic E-state index is -0.750. The molecule has 0 aliphatic heterocycles. The van der Waals surface area contributed by atoms with Crippen LogP contribution in [0, 0.1) is 15.9 Å². The number of carbonyl (C=O) groups excluding carboxylic acids is 1. The predicted octanol–water partition coefficient (Wildman–Crippen LogP) is 1.30. The van der Waals surface area contributed by atoms with Gasteiger partial charge in [-0.2, -0.15) is 0 Å². The molecule has 1 rings (SSSR count). The van der Waals surface area contributed by atoms with Crippen molar-refractivity contribution in [2.24, 2.45) is 0 Å². The first-order valence-corrected chi connectivity index (χ1v) is 4.32. The summed E-state index contributed by atoms with van der Waals surface area (Å²) in [5.74, 6) is -1.22. The summed E-state index contributed by atoms with van der Waals surface area (Å²) in [5.41, 5.74) is 1.37. The van der Waals surface area contributed by atoms with Crippen LogP contribution in [-0.4, -0.2) is 10.8 Å². The van der Waals surface area contributed by atoms with Crippen LogP contribution in [0.5, 0.6) is 0 Å². The van der Waals surface area contributed by atoms with Crippen LogP contribution in [0.3, 0.4) is 0 Å². The number of hydrogen-bond acceptors (Lipinski definition) is 4. The lowest BCUT2D eigenvalue weighted by Gasteiger charge is -2.05. The largest absolute Gasteiger partial charge is 0.277 e. The van der Waals surface area contributed by atoms with Gasteiger partial charge in [-0.25, -0.2) is 9.87 Å². The maximum absolute atomic E-state index is 13.2. The number of amides is 1. The van der Waals surface area contributed by atoms with Crippen LogP contribution in [0.25, 0.3) is 0 Å². The lowest BCUT2D eigenvalue weighted by atomic mass is 10.2. The Labute approximate surface area is 90.1 Å². The molecule has 1 N–H and O–H groups in total. The summed E-state index contributed by atoms with van der Waals surface area (Å²) in [7, 11) is 0. The number of hydroxylamine groups is 1. The number of benzene rings is 1. The summed E-state index contributed by atoms with van der Waals surface area (Å²) in [6.07, 6.45) is 0. The van der Waals surface area contributed by atoms with Crippen molar-refractivity contribution >= 4 is 11.6 Å². The molecule has 16 heavy (non-hydrogen) atoms. The van der Waals surface area contributed by atoms with Gasteiger partial charge in [-0.05, 0) is 6.07 Å². The first-order chi connectivity index (χ1) is 7.52. The molecule has 1 aromatic rings. The Hall–Kier alpha value is -2.02. The van der Waals surface area contributed by atoms with E-state index < -0.39 is 23.3 Å². The number of nitro groups is 1. The highest BCUT2D eigenvalue weighted by Crippen LogP contribution is 2.21. The molecule has 0 spiro atoms. The van der Waals surface area contributed by atoms with Crippen LogP contribution in [0.4, 0.5) is 10.1 Å². The fraction of sp³-hybridized carbons (Fsp3) is 0.222. The van der Waals surface area contributed by atoms with Crippen LogP contribution in [0.1, 0.15) is 12.5 Å². The lowest BCUT2D eigenvalue weighted by Crippen LogP contribution is -2.20. The Morgan fingerprint density at radius 3 is 2.88 bits per heavy atom. The van der Waals surface area contributed by atoms with Gasteiger partial charge in [0, 0.05) is 13.0 Å². The minimum Gasteiger partial charge on any atom is -0.273 e. The molecule has 0 heterocycles. The van der Waals surface area contributed by atoms with E-state index in [1.165, 1.54) is 13.0 Å². The monoisotopic (exact) mass is 228 g/mol. The maximum Gasteiger partial charge on any atom is 0.277 e. The third kappa shape index (κ3) is 2.99. The molecule has 0 unspecified atom stereocenters. The van der Waals surface area contributed by atoms with Crippen LogP contribution >= 0.6 is 0 Å². The summed E-state index contributed by atoms with van der Waals surface area (Å²) in [6.45, 7) is 0.804. The summed E-state index contributed by atoms with van der Waals surface area (Å²) < 4.78 is 13.2. The van der Waals surface area contributed by atoms with E-state index in [4.69, 9.17) is 0 Å². The van der Waals surface area contributed by atoms with Gasteiger partial charge in [-0.3, -0.25) is 19.7 Å². The Balaban J connectivity index is 2.84. The van der Waals surface area contributed by atoms with E-state index in [0.717, 1.165) is 12.1 Å². The topological polar surface area (TPSA) is 81.5 Å². The van der Waals surface area contributed by atoms with Crippen molar-refractivity contribution in [2.75, 3.05) is 0 Å². The first kappa shape index (κ1) is 12.1. The number of hydrogen-bond donors (Lipinski definition) is 1. The van der Waals surface area contributed by atoms with Gasteiger partial charge in [0.1, 0.15) is 12.4 Å². The molecule has 7 heteroatoms. The van der Waals surface area contributed by atoms with Crippen LogP contribution in [-0.2, 0) is 16.2 Å². The highest BCUT2D eigenvalue weighted by Gasteiger charge is 2.17. The van der Waals surface area contributed by atoms with Crippen LogP contribution < -0.4 is 5.48 Å². The number of carbonyl (C=O) groups is 1. The highest BCUT2D eigenvalue weighted by molar-refractivity contribution is 5.71. The second kappa shape index (κ2) is 5.17. The highest BCUT2D eigenvalue weighted by atomic mass is 19.1. The van der Waals surface area contributed by atoms with Gasteiger partial charge in [0.25, 0.3) is 5.69 Å². The second-order valence-electron chi connectivity index (χ2n) is 2.94.